The molecule has 0 saturated carbocycles. The fraction of sp³-hybridized carbons (Fsp3) is 0.520. The number of anilines is 2. The fourth-order valence-electron chi connectivity index (χ4n) is 3.78. The molecule has 0 aliphatic rings. The minimum atomic E-state index is 0. The second-order valence-electron chi connectivity index (χ2n) is 7.77. The molecule has 2 rings (SSSR count). The van der Waals surface area contributed by atoms with Crippen LogP contribution in [0.4, 0.5) is 11.4 Å². The zero-order valence-corrected chi connectivity index (χ0v) is 22.4. The van der Waals surface area contributed by atoms with Crippen LogP contribution in [0.3, 0.4) is 0 Å². The predicted molar refractivity (Wildman–Crippen MR) is 125 cm³/mol. The number of aryl methyl sites for hydroxylation is 5. The van der Waals surface area contributed by atoms with E-state index in [-0.39, 0.29) is 41.6 Å². The Hall–Kier alpha value is -0.914. The van der Waals surface area contributed by atoms with Gasteiger partial charge in [0.1, 0.15) is 0 Å². The van der Waals surface area contributed by atoms with Gasteiger partial charge in [-0.1, -0.05) is 51.1 Å². The second kappa shape index (κ2) is 16.7. The maximum Gasteiger partial charge on any atom is 2.00 e. The van der Waals surface area contributed by atoms with Crippen molar-refractivity contribution in [3.8, 4) is 0 Å². The minimum Gasteiger partial charge on any atom is -1.00 e. The van der Waals surface area contributed by atoms with E-state index in [1.165, 1.54) is 39.2 Å². The van der Waals surface area contributed by atoms with Gasteiger partial charge < -0.3 is 40.3 Å². The third-order valence-electron chi connectivity index (χ3n) is 5.60. The number of rotatable bonds is 11. The third kappa shape index (κ3) is 9.63. The molecule has 0 unspecified atom stereocenters. The Morgan fingerprint density at radius 2 is 1.19 bits per heavy atom. The van der Waals surface area contributed by atoms with E-state index in [9.17, 15) is 0 Å². The number of benzene rings is 2. The number of nitrogens with one attached hydrogen (secondary N) is 2. The first-order chi connectivity index (χ1) is 13.5. The van der Waals surface area contributed by atoms with E-state index in [0.29, 0.717) is 0 Å². The molecule has 0 aliphatic carbocycles. The molecular formula is C25H39Cl2CoN3. The van der Waals surface area contributed by atoms with Crippen molar-refractivity contribution in [1.29, 1.82) is 0 Å². The first kappa shape index (κ1) is 32.3. The first-order valence-corrected chi connectivity index (χ1v) is 10.9. The average molecular weight is 511 g/mol. The summed E-state index contributed by atoms with van der Waals surface area (Å²) in [5, 5.41) is 7.34. The van der Waals surface area contributed by atoms with Crippen molar-refractivity contribution in [1.82, 2.24) is 4.90 Å². The molecule has 0 atom stereocenters. The van der Waals surface area contributed by atoms with E-state index >= 15 is 0 Å². The van der Waals surface area contributed by atoms with Crippen molar-refractivity contribution in [2.45, 2.75) is 53.9 Å². The van der Waals surface area contributed by atoms with Gasteiger partial charge in [0.25, 0.3) is 0 Å². The SMILES string of the molecule is CCc1cc(CC)c(NCCN(C)CCNc2c(C)cccc2C)c(CC)c1.[Cl-].[Cl-].[Co+2]. The summed E-state index contributed by atoms with van der Waals surface area (Å²) < 4.78 is 0. The summed E-state index contributed by atoms with van der Waals surface area (Å²) in [4.78, 5) is 2.39. The van der Waals surface area contributed by atoms with Crippen LogP contribution in [0.1, 0.15) is 48.6 Å². The number of hydrogen-bond donors (Lipinski definition) is 2. The molecule has 2 aromatic rings. The van der Waals surface area contributed by atoms with Crippen LogP contribution in [0.25, 0.3) is 0 Å². The monoisotopic (exact) mass is 510 g/mol. The summed E-state index contributed by atoms with van der Waals surface area (Å²) in [6.45, 7) is 15.1. The summed E-state index contributed by atoms with van der Waals surface area (Å²) in [6.07, 6.45) is 3.27. The zero-order valence-electron chi connectivity index (χ0n) is 19.9. The van der Waals surface area contributed by atoms with E-state index in [1.54, 1.807) is 0 Å². The van der Waals surface area contributed by atoms with Crippen LogP contribution in [0.2, 0.25) is 0 Å². The van der Waals surface area contributed by atoms with Crippen LogP contribution in [-0.2, 0) is 36.0 Å². The number of para-hydroxylation sites is 1. The molecule has 3 nitrogen and oxygen atoms in total. The molecule has 0 aliphatic heterocycles. The second-order valence-corrected chi connectivity index (χ2v) is 7.77. The van der Waals surface area contributed by atoms with Crippen molar-refractivity contribution in [3.63, 3.8) is 0 Å². The van der Waals surface area contributed by atoms with Gasteiger partial charge in [-0.05, 0) is 68.0 Å². The standard InChI is InChI=1S/C25H39N3.2ClH.Co/c1-7-21-17-22(8-2)25(23(9-3)18-21)27-14-16-28(6)15-13-26-24-19(4)11-10-12-20(24)5;;;/h10-12,17-18,26-27H,7-9,13-16H2,1-6H3;2*1H;/q;;;+2/p-2. The molecule has 0 aromatic heterocycles. The maximum atomic E-state index is 3.73. The molecule has 0 spiro atoms. The number of likely N-dealkylation sites (N-methyl/N-ethyl adjacent to an activating group) is 1. The topological polar surface area (TPSA) is 27.3 Å². The van der Waals surface area contributed by atoms with Crippen LogP contribution >= 0.6 is 0 Å². The van der Waals surface area contributed by atoms with Gasteiger partial charge in [0.2, 0.25) is 0 Å². The molecule has 177 valence electrons. The van der Waals surface area contributed by atoms with Crippen LogP contribution in [0.5, 0.6) is 0 Å². The van der Waals surface area contributed by atoms with Gasteiger partial charge in [0.05, 0.1) is 0 Å². The summed E-state index contributed by atoms with van der Waals surface area (Å²) in [5.74, 6) is 0. The van der Waals surface area contributed by atoms with Crippen LogP contribution in [-0.4, -0.2) is 38.1 Å². The van der Waals surface area contributed by atoms with Crippen molar-refractivity contribution >= 4 is 11.4 Å². The summed E-state index contributed by atoms with van der Waals surface area (Å²) in [7, 11) is 2.20. The molecule has 0 bridgehead atoms. The van der Waals surface area contributed by atoms with Crippen molar-refractivity contribution in [2.75, 3.05) is 43.9 Å². The quantitative estimate of drug-likeness (QED) is 0.425. The summed E-state index contributed by atoms with van der Waals surface area (Å²) in [5.41, 5.74) is 9.65. The molecule has 2 N–H and O–H groups in total. The minimum absolute atomic E-state index is 0. The summed E-state index contributed by atoms with van der Waals surface area (Å²) >= 11 is 0. The van der Waals surface area contributed by atoms with Gasteiger partial charge in [-0.3, -0.25) is 0 Å². The van der Waals surface area contributed by atoms with Gasteiger partial charge in [0.15, 0.2) is 0 Å². The van der Waals surface area contributed by atoms with Gasteiger partial charge in [-0.25, -0.2) is 0 Å². The van der Waals surface area contributed by atoms with Crippen molar-refractivity contribution in [3.05, 3.63) is 58.1 Å². The Labute approximate surface area is 213 Å². The van der Waals surface area contributed by atoms with Crippen molar-refractivity contribution in [2.24, 2.45) is 0 Å². The first-order valence-electron chi connectivity index (χ1n) is 10.9. The van der Waals surface area contributed by atoms with Crippen LogP contribution in [0, 0.1) is 13.8 Å². The fourth-order valence-corrected chi connectivity index (χ4v) is 3.78. The van der Waals surface area contributed by atoms with Gasteiger partial charge in [-0.2, -0.15) is 0 Å². The Morgan fingerprint density at radius 3 is 1.61 bits per heavy atom. The molecule has 6 heteroatoms. The molecule has 0 amide bonds. The normalized spacial score (nSPS) is 10.0. The van der Waals surface area contributed by atoms with Crippen LogP contribution in [0.15, 0.2) is 30.3 Å². The Kier molecular flexibility index (Phi) is 17.4. The molecule has 1 radical (unpaired) electrons. The van der Waals surface area contributed by atoms with E-state index in [2.05, 4.69) is 87.5 Å². The zero-order chi connectivity index (χ0) is 20.5. The van der Waals surface area contributed by atoms with E-state index < -0.39 is 0 Å². The average Bonchev–Trinajstić information content (AvgIpc) is 2.69. The molecule has 31 heavy (non-hydrogen) atoms. The molecule has 0 saturated heterocycles. The number of halogens is 2. The maximum absolute atomic E-state index is 3.73. The van der Waals surface area contributed by atoms with E-state index in [1.807, 2.05) is 0 Å². The van der Waals surface area contributed by atoms with Gasteiger partial charge in [0, 0.05) is 37.6 Å². The number of hydrogen-bond acceptors (Lipinski definition) is 3. The largest absolute Gasteiger partial charge is 2.00 e. The van der Waals surface area contributed by atoms with E-state index in [4.69, 9.17) is 0 Å². The molecule has 0 fully saturated rings. The Morgan fingerprint density at radius 1 is 0.742 bits per heavy atom. The van der Waals surface area contributed by atoms with Crippen molar-refractivity contribution < 1.29 is 41.6 Å². The summed E-state index contributed by atoms with van der Waals surface area (Å²) in [6, 6.07) is 11.2. The van der Waals surface area contributed by atoms with Crippen LogP contribution < -0.4 is 35.4 Å². The molecular weight excluding hydrogens is 472 g/mol. The number of nitrogens with zero attached hydrogens (tertiary/aromatic N) is 1. The third-order valence-corrected chi connectivity index (χ3v) is 5.60. The van der Waals surface area contributed by atoms with E-state index in [0.717, 1.165) is 45.4 Å². The van der Waals surface area contributed by atoms with Gasteiger partial charge in [-0.15, -0.1) is 0 Å². The van der Waals surface area contributed by atoms with Gasteiger partial charge >= 0.3 is 16.8 Å². The Bertz CT molecular complexity index is 723. The smallest absolute Gasteiger partial charge is 1.00 e. The predicted octanol–water partition coefficient (Wildman–Crippen LogP) is -0.548. The molecule has 0 heterocycles. The Balaban J connectivity index is 0. The molecule has 2 aromatic carbocycles.